The largest absolute Gasteiger partial charge is 0.130 e. The van der Waals surface area contributed by atoms with E-state index in [0.717, 1.165) is 0 Å². The summed E-state index contributed by atoms with van der Waals surface area (Å²) in [4.78, 5) is 0. The maximum Gasteiger partial charge on any atom is -0.0274 e. The van der Waals surface area contributed by atoms with Crippen molar-refractivity contribution >= 4 is 0 Å². The Labute approximate surface area is 147 Å². The van der Waals surface area contributed by atoms with Crippen LogP contribution in [-0.2, 0) is 0 Å². The normalized spacial score (nSPS) is 11.3. The predicted molar refractivity (Wildman–Crippen MR) is 107 cm³/mol. The van der Waals surface area contributed by atoms with E-state index in [1.165, 1.54) is 96.3 Å². The summed E-state index contributed by atoms with van der Waals surface area (Å²) in [6, 6.07) is 0. The molecule has 0 radical (unpaired) electrons. The van der Waals surface area contributed by atoms with Gasteiger partial charge in [0.25, 0.3) is 0 Å². The van der Waals surface area contributed by atoms with Crippen molar-refractivity contribution in [3.63, 3.8) is 0 Å². The Morgan fingerprint density at radius 3 is 1.70 bits per heavy atom. The lowest BCUT2D eigenvalue weighted by molar-refractivity contribution is 0.287. The Hall–Kier alpha value is -0.480. The van der Waals surface area contributed by atoms with Gasteiger partial charge in [-0.3, -0.25) is 0 Å². The first kappa shape index (κ1) is 22.5. The van der Waals surface area contributed by atoms with Gasteiger partial charge in [-0.05, 0) is 56.1 Å². The molecule has 0 aromatic rings. The second-order valence-corrected chi connectivity index (χ2v) is 8.00. The van der Waals surface area contributed by atoms with Gasteiger partial charge >= 0.3 is 0 Å². The van der Waals surface area contributed by atoms with Crippen LogP contribution < -0.4 is 0 Å². The van der Waals surface area contributed by atoms with Crippen LogP contribution in [0.2, 0.25) is 0 Å². The fourth-order valence-electron chi connectivity index (χ4n) is 3.10. The minimum Gasteiger partial charge on any atom is -0.130 e. The molecule has 0 aliphatic carbocycles. The first-order valence-corrected chi connectivity index (χ1v) is 10.5. The third-order valence-corrected chi connectivity index (χ3v) is 4.85. The highest BCUT2D eigenvalue weighted by Gasteiger charge is 2.16. The van der Waals surface area contributed by atoms with E-state index in [1.807, 2.05) is 0 Å². The Balaban J connectivity index is 3.52. The zero-order valence-corrected chi connectivity index (χ0v) is 16.8. The van der Waals surface area contributed by atoms with Crippen LogP contribution >= 0.6 is 0 Å². The van der Waals surface area contributed by atoms with E-state index >= 15 is 0 Å². The van der Waals surface area contributed by atoms with Crippen LogP contribution in [0.5, 0.6) is 0 Å². The minimum absolute atomic E-state index is 0.530. The van der Waals surface area contributed by atoms with Crippen LogP contribution in [0.15, 0.2) is 17.9 Å². The molecule has 0 fully saturated rings. The first-order valence-electron chi connectivity index (χ1n) is 10.5. The third-order valence-electron chi connectivity index (χ3n) is 4.85. The average molecular weight is 321 g/mol. The lowest BCUT2D eigenvalue weighted by atomic mass is 9.82. The van der Waals surface area contributed by atoms with Gasteiger partial charge in [0.1, 0.15) is 0 Å². The van der Waals surface area contributed by atoms with Crippen molar-refractivity contribution in [1.29, 1.82) is 0 Å². The molecule has 0 unspecified atom stereocenters. The summed E-state index contributed by atoms with van der Waals surface area (Å²) >= 11 is 0. The van der Waals surface area contributed by atoms with Crippen molar-refractivity contribution < 1.29 is 0 Å². The number of hydrogen-bond acceptors (Lipinski definition) is 0. The monoisotopic (exact) mass is 320 g/mol. The summed E-state index contributed by atoms with van der Waals surface area (Å²) in [5, 5.41) is 0. The molecule has 0 bridgehead atoms. The Bertz CT molecular complexity index is 291. The molecule has 0 atom stereocenters. The molecule has 0 saturated carbocycles. The van der Waals surface area contributed by atoms with Gasteiger partial charge in [-0.25, -0.2) is 0 Å². The van der Waals surface area contributed by atoms with Gasteiger partial charge < -0.3 is 0 Å². The van der Waals surface area contributed by atoms with Crippen molar-refractivity contribution in [2.45, 2.75) is 124 Å². The molecule has 0 aromatic heterocycles. The van der Waals surface area contributed by atoms with E-state index in [2.05, 4.69) is 45.6 Å². The summed E-state index contributed by atoms with van der Waals surface area (Å²) in [6.45, 7) is 9.44. The van der Waals surface area contributed by atoms with Crippen LogP contribution in [0.25, 0.3) is 0 Å². The average Bonchev–Trinajstić information content (AvgIpc) is 2.52. The molecule has 0 heterocycles. The van der Waals surface area contributed by atoms with E-state index in [1.54, 1.807) is 0 Å². The molecular weight excluding hydrogens is 276 g/mol. The van der Waals surface area contributed by atoms with Gasteiger partial charge in [-0.15, -0.1) is 5.73 Å². The number of hydrogen-bond donors (Lipinski definition) is 0. The maximum atomic E-state index is 3.34. The second-order valence-electron chi connectivity index (χ2n) is 8.00. The fraction of sp³-hybridized carbons (Fsp3) is 0.870. The zero-order valence-electron chi connectivity index (χ0n) is 16.8. The number of allylic oxidation sites excluding steroid dienone is 1. The highest BCUT2D eigenvalue weighted by Crippen LogP contribution is 2.30. The summed E-state index contributed by atoms with van der Waals surface area (Å²) < 4.78 is 0. The van der Waals surface area contributed by atoms with E-state index in [4.69, 9.17) is 0 Å². The Morgan fingerprint density at radius 2 is 1.09 bits per heavy atom. The molecule has 0 saturated heterocycles. The first-order chi connectivity index (χ1) is 11.1. The van der Waals surface area contributed by atoms with Crippen molar-refractivity contribution in [2.24, 2.45) is 5.41 Å². The quantitative estimate of drug-likeness (QED) is 0.197. The van der Waals surface area contributed by atoms with Crippen molar-refractivity contribution in [3.8, 4) is 0 Å². The van der Waals surface area contributed by atoms with Crippen molar-refractivity contribution in [1.82, 2.24) is 0 Å². The maximum absolute atomic E-state index is 3.34. The molecule has 0 heteroatoms. The van der Waals surface area contributed by atoms with Crippen molar-refractivity contribution in [3.05, 3.63) is 17.9 Å². The third kappa shape index (κ3) is 17.7. The molecule has 0 spiro atoms. The van der Waals surface area contributed by atoms with E-state index in [-0.39, 0.29) is 0 Å². The number of rotatable bonds is 16. The molecule has 136 valence electrons. The fourth-order valence-corrected chi connectivity index (χ4v) is 3.10. The van der Waals surface area contributed by atoms with E-state index < -0.39 is 0 Å². The predicted octanol–water partition coefficient (Wildman–Crippen LogP) is 8.62. The molecule has 0 amide bonds. The molecule has 0 aliphatic rings. The van der Waals surface area contributed by atoms with Gasteiger partial charge in [-0.2, -0.15) is 0 Å². The smallest absolute Gasteiger partial charge is 0.0274 e. The molecule has 23 heavy (non-hydrogen) atoms. The minimum atomic E-state index is 0.530. The topological polar surface area (TPSA) is 0 Å². The molecule has 0 nitrogen and oxygen atoms in total. The van der Waals surface area contributed by atoms with Gasteiger partial charge in [0, 0.05) is 0 Å². The van der Waals surface area contributed by atoms with Crippen LogP contribution in [0.4, 0.5) is 0 Å². The lowest BCUT2D eigenvalue weighted by Gasteiger charge is -2.24. The van der Waals surface area contributed by atoms with Crippen molar-refractivity contribution in [2.75, 3.05) is 0 Å². The number of unbranched alkanes of at least 4 members (excludes halogenated alkanes) is 10. The Kier molecular flexibility index (Phi) is 16.0. The van der Waals surface area contributed by atoms with E-state index in [0.29, 0.717) is 5.41 Å². The van der Waals surface area contributed by atoms with Gasteiger partial charge in [-0.1, -0.05) is 85.5 Å². The standard InChI is InChI=1S/C23H44/c1-5-7-9-11-13-15-17-19-21-23(3,4)22-20-18-16-14-12-10-8-6-2/h11,15H,5-10,12,14,16-22H2,1-4H3. The van der Waals surface area contributed by atoms with Crippen LogP contribution in [0.3, 0.4) is 0 Å². The van der Waals surface area contributed by atoms with Crippen LogP contribution in [0, 0.1) is 5.41 Å². The second kappa shape index (κ2) is 16.4. The highest BCUT2D eigenvalue weighted by atomic mass is 14.2. The summed E-state index contributed by atoms with van der Waals surface area (Å²) in [7, 11) is 0. The van der Waals surface area contributed by atoms with Gasteiger partial charge in [0.2, 0.25) is 0 Å². The molecule has 0 aliphatic heterocycles. The summed E-state index contributed by atoms with van der Waals surface area (Å²) in [5.74, 6) is 0. The van der Waals surface area contributed by atoms with Gasteiger partial charge in [0.05, 0.1) is 0 Å². The Morgan fingerprint density at radius 1 is 0.609 bits per heavy atom. The summed E-state index contributed by atoms with van der Waals surface area (Å²) in [6.07, 6.45) is 24.9. The SMILES string of the molecule is CCCCC=C=CCCCC(C)(C)CCCCCCCCCC. The van der Waals surface area contributed by atoms with Gasteiger partial charge in [0.15, 0.2) is 0 Å². The molecule has 0 aromatic carbocycles. The highest BCUT2D eigenvalue weighted by molar-refractivity contribution is 4.85. The zero-order chi connectivity index (χ0) is 17.2. The molecular formula is C23H44. The van der Waals surface area contributed by atoms with Crippen LogP contribution in [0.1, 0.15) is 124 Å². The molecule has 0 N–H and O–H groups in total. The summed E-state index contributed by atoms with van der Waals surface area (Å²) in [5.41, 5.74) is 3.87. The van der Waals surface area contributed by atoms with Crippen LogP contribution in [-0.4, -0.2) is 0 Å². The van der Waals surface area contributed by atoms with E-state index in [9.17, 15) is 0 Å². The lowest BCUT2D eigenvalue weighted by Crippen LogP contribution is -2.10. The molecule has 0 rings (SSSR count).